The van der Waals surface area contributed by atoms with Crippen molar-refractivity contribution in [2.75, 3.05) is 13.7 Å². The van der Waals surface area contributed by atoms with Gasteiger partial charge in [-0.05, 0) is 25.1 Å². The van der Waals surface area contributed by atoms with Gasteiger partial charge < -0.3 is 10.1 Å². The fourth-order valence-electron chi connectivity index (χ4n) is 2.53. The van der Waals surface area contributed by atoms with Gasteiger partial charge in [0, 0.05) is 37.0 Å². The maximum atomic E-state index is 5.44. The first-order chi connectivity index (χ1) is 10.2. The second-order valence-corrected chi connectivity index (χ2v) is 5.04. The van der Waals surface area contributed by atoms with Crippen molar-refractivity contribution in [2.24, 2.45) is 7.05 Å². The molecule has 0 amide bonds. The predicted octanol–water partition coefficient (Wildman–Crippen LogP) is 2.28. The molecule has 0 bridgehead atoms. The molecule has 2 aromatic heterocycles. The van der Waals surface area contributed by atoms with Gasteiger partial charge in [0.15, 0.2) is 0 Å². The Bertz CT molecular complexity index is 579. The van der Waals surface area contributed by atoms with Crippen LogP contribution in [0.15, 0.2) is 24.5 Å². The monoisotopic (exact) mass is 288 g/mol. The van der Waals surface area contributed by atoms with E-state index in [4.69, 9.17) is 4.74 Å². The normalized spacial score (nSPS) is 12.4. The summed E-state index contributed by atoms with van der Waals surface area (Å²) in [4.78, 5) is 4.13. The first-order valence-corrected chi connectivity index (χ1v) is 7.42. The molecule has 5 nitrogen and oxygen atoms in total. The Kier molecular flexibility index (Phi) is 5.33. The summed E-state index contributed by atoms with van der Waals surface area (Å²) in [5, 5.41) is 8.05. The van der Waals surface area contributed by atoms with Crippen LogP contribution in [-0.2, 0) is 19.9 Å². The summed E-state index contributed by atoms with van der Waals surface area (Å²) in [6.45, 7) is 5.13. The summed E-state index contributed by atoms with van der Waals surface area (Å²) in [5.74, 6) is 0.821. The summed E-state index contributed by atoms with van der Waals surface area (Å²) >= 11 is 0. The van der Waals surface area contributed by atoms with Gasteiger partial charge in [-0.2, -0.15) is 5.10 Å². The highest BCUT2D eigenvalue weighted by Crippen LogP contribution is 2.26. The van der Waals surface area contributed by atoms with Crippen LogP contribution < -0.4 is 10.1 Å². The minimum absolute atomic E-state index is 0.188. The molecular formula is C16H24N4O. The molecule has 0 aromatic carbocycles. The Labute approximate surface area is 126 Å². The maximum Gasteiger partial charge on any atom is 0.141 e. The minimum atomic E-state index is 0.188. The molecule has 21 heavy (non-hydrogen) atoms. The zero-order chi connectivity index (χ0) is 15.2. The van der Waals surface area contributed by atoms with Crippen molar-refractivity contribution in [1.82, 2.24) is 20.1 Å². The van der Waals surface area contributed by atoms with Gasteiger partial charge >= 0.3 is 0 Å². The highest BCUT2D eigenvalue weighted by molar-refractivity contribution is 5.34. The lowest BCUT2D eigenvalue weighted by molar-refractivity contribution is 0.396. The lowest BCUT2D eigenvalue weighted by Crippen LogP contribution is -2.24. The van der Waals surface area contributed by atoms with Gasteiger partial charge in [0.25, 0.3) is 0 Å². The van der Waals surface area contributed by atoms with Crippen LogP contribution in [0, 0.1) is 0 Å². The number of hydrogen-bond acceptors (Lipinski definition) is 4. The molecular weight excluding hydrogens is 264 g/mol. The Morgan fingerprint density at radius 2 is 2.19 bits per heavy atom. The Hall–Kier alpha value is -1.88. The molecule has 0 fully saturated rings. The van der Waals surface area contributed by atoms with Crippen LogP contribution in [0.2, 0.25) is 0 Å². The van der Waals surface area contributed by atoms with E-state index in [0.717, 1.165) is 36.4 Å². The molecule has 0 aliphatic rings. The number of likely N-dealkylation sites (N-methyl/N-ethyl adjacent to an activating group) is 1. The molecule has 1 atom stereocenters. The predicted molar refractivity (Wildman–Crippen MR) is 83.5 cm³/mol. The van der Waals surface area contributed by atoms with Crippen LogP contribution in [-0.4, -0.2) is 28.4 Å². The van der Waals surface area contributed by atoms with E-state index in [0.29, 0.717) is 0 Å². The number of nitrogens with zero attached hydrogens (tertiary/aromatic N) is 3. The summed E-state index contributed by atoms with van der Waals surface area (Å²) in [6.07, 6.45) is 5.40. The average molecular weight is 288 g/mol. The van der Waals surface area contributed by atoms with Crippen LogP contribution in [0.1, 0.15) is 36.8 Å². The number of methoxy groups -OCH3 is 1. The van der Waals surface area contributed by atoms with Gasteiger partial charge in [-0.1, -0.05) is 13.8 Å². The highest BCUT2D eigenvalue weighted by Gasteiger charge is 2.18. The van der Waals surface area contributed by atoms with Gasteiger partial charge in [0.05, 0.1) is 19.0 Å². The van der Waals surface area contributed by atoms with E-state index < -0.39 is 0 Å². The van der Waals surface area contributed by atoms with E-state index in [-0.39, 0.29) is 6.04 Å². The lowest BCUT2D eigenvalue weighted by atomic mass is 10.0. The van der Waals surface area contributed by atoms with Crippen molar-refractivity contribution in [3.05, 3.63) is 41.5 Å². The standard InChI is InChI=1S/C16H24N4O/c1-5-12-9-13(20(3)19-12)10-15(18-6-2)14-7-8-17-11-16(14)21-4/h7-9,11,15,18H,5-6,10H2,1-4H3. The smallest absolute Gasteiger partial charge is 0.141 e. The van der Waals surface area contributed by atoms with E-state index in [2.05, 4.69) is 35.3 Å². The number of pyridine rings is 1. The zero-order valence-electron chi connectivity index (χ0n) is 13.3. The third-order valence-corrected chi connectivity index (χ3v) is 3.67. The van der Waals surface area contributed by atoms with Crippen molar-refractivity contribution >= 4 is 0 Å². The number of rotatable bonds is 7. The lowest BCUT2D eigenvalue weighted by Gasteiger charge is -2.20. The molecule has 0 saturated heterocycles. The quantitative estimate of drug-likeness (QED) is 0.849. The largest absolute Gasteiger partial charge is 0.495 e. The van der Waals surface area contributed by atoms with E-state index in [1.54, 1.807) is 13.3 Å². The molecule has 1 N–H and O–H groups in total. The molecule has 0 radical (unpaired) electrons. The second kappa shape index (κ2) is 7.22. The Morgan fingerprint density at radius 1 is 1.38 bits per heavy atom. The van der Waals surface area contributed by atoms with Crippen molar-refractivity contribution in [3.63, 3.8) is 0 Å². The summed E-state index contributed by atoms with van der Waals surface area (Å²) in [6, 6.07) is 4.38. The highest BCUT2D eigenvalue weighted by atomic mass is 16.5. The SMILES string of the molecule is CCNC(Cc1cc(CC)nn1C)c1ccncc1OC. The summed E-state index contributed by atoms with van der Waals surface area (Å²) in [7, 11) is 3.68. The second-order valence-electron chi connectivity index (χ2n) is 5.04. The molecule has 1 unspecified atom stereocenters. The van der Waals surface area contributed by atoms with Gasteiger partial charge in [-0.3, -0.25) is 9.67 Å². The van der Waals surface area contributed by atoms with Gasteiger partial charge in [0.1, 0.15) is 5.75 Å². The number of aromatic nitrogens is 3. The molecule has 2 rings (SSSR count). The molecule has 0 aliphatic heterocycles. The fourth-order valence-corrected chi connectivity index (χ4v) is 2.53. The van der Waals surface area contributed by atoms with Crippen LogP contribution >= 0.6 is 0 Å². The van der Waals surface area contributed by atoms with E-state index in [1.807, 2.05) is 24.0 Å². The summed E-state index contributed by atoms with van der Waals surface area (Å²) in [5.41, 5.74) is 3.48. The molecule has 2 aromatic rings. The molecule has 114 valence electrons. The van der Waals surface area contributed by atoms with Crippen molar-refractivity contribution < 1.29 is 4.74 Å². The van der Waals surface area contributed by atoms with E-state index in [1.165, 1.54) is 5.69 Å². The first kappa shape index (κ1) is 15.5. The first-order valence-electron chi connectivity index (χ1n) is 7.42. The van der Waals surface area contributed by atoms with Crippen molar-refractivity contribution in [3.8, 4) is 5.75 Å². The van der Waals surface area contributed by atoms with Crippen LogP contribution in [0.4, 0.5) is 0 Å². The van der Waals surface area contributed by atoms with Crippen molar-refractivity contribution in [2.45, 2.75) is 32.7 Å². The molecule has 5 heteroatoms. The average Bonchev–Trinajstić information content (AvgIpc) is 2.87. The maximum absolute atomic E-state index is 5.44. The topological polar surface area (TPSA) is 52.0 Å². The third-order valence-electron chi connectivity index (χ3n) is 3.67. The molecule has 0 aliphatic carbocycles. The molecule has 2 heterocycles. The van der Waals surface area contributed by atoms with Crippen LogP contribution in [0.25, 0.3) is 0 Å². The zero-order valence-corrected chi connectivity index (χ0v) is 13.3. The fraction of sp³-hybridized carbons (Fsp3) is 0.500. The van der Waals surface area contributed by atoms with Gasteiger partial charge in [0.2, 0.25) is 0 Å². The Balaban J connectivity index is 2.28. The molecule has 0 saturated carbocycles. The third kappa shape index (κ3) is 3.61. The molecule has 0 spiro atoms. The van der Waals surface area contributed by atoms with Gasteiger partial charge in [-0.15, -0.1) is 0 Å². The van der Waals surface area contributed by atoms with E-state index in [9.17, 15) is 0 Å². The minimum Gasteiger partial charge on any atom is -0.495 e. The Morgan fingerprint density at radius 3 is 2.81 bits per heavy atom. The van der Waals surface area contributed by atoms with E-state index >= 15 is 0 Å². The van der Waals surface area contributed by atoms with Crippen LogP contribution in [0.5, 0.6) is 5.75 Å². The van der Waals surface area contributed by atoms with Crippen molar-refractivity contribution in [1.29, 1.82) is 0 Å². The number of ether oxygens (including phenoxy) is 1. The summed E-state index contributed by atoms with van der Waals surface area (Å²) < 4.78 is 7.41. The van der Waals surface area contributed by atoms with Gasteiger partial charge in [-0.25, -0.2) is 0 Å². The number of nitrogens with one attached hydrogen (secondary N) is 1. The number of aryl methyl sites for hydroxylation is 2. The number of hydrogen-bond donors (Lipinski definition) is 1. The van der Waals surface area contributed by atoms with Crippen LogP contribution in [0.3, 0.4) is 0 Å².